The Bertz CT molecular complexity index is 2470. The molecule has 15 heteroatoms. The van der Waals surface area contributed by atoms with Crippen molar-refractivity contribution in [1.82, 2.24) is 0 Å². The molecule has 6 rings (SSSR count). The molecule has 0 radical (unpaired) electrons. The van der Waals surface area contributed by atoms with Gasteiger partial charge in [-0.25, -0.2) is 30.2 Å². The number of anilines is 4. The molecule has 1 aliphatic rings. The molecule has 0 atom stereocenters. The van der Waals surface area contributed by atoms with Crippen molar-refractivity contribution in [2.75, 3.05) is 10.6 Å². The summed E-state index contributed by atoms with van der Waals surface area (Å²) in [5.41, 5.74) is 6.72. The normalized spacial score (nSPS) is 13.1. The first-order chi connectivity index (χ1) is 24.6. The molecule has 52 heavy (non-hydrogen) atoms. The molecule has 0 bridgehead atoms. The van der Waals surface area contributed by atoms with Crippen molar-refractivity contribution in [3.8, 4) is 0 Å². The lowest BCUT2D eigenvalue weighted by atomic mass is 9.90. The predicted molar refractivity (Wildman–Crippen MR) is 193 cm³/mol. The maximum atomic E-state index is 11.5. The molecule has 0 heterocycles. The lowest BCUT2D eigenvalue weighted by Gasteiger charge is -2.16. The summed E-state index contributed by atoms with van der Waals surface area (Å²) in [5, 5.41) is 6.22. The summed E-state index contributed by atoms with van der Waals surface area (Å²) in [6.07, 6.45) is 7.48. The molecule has 5 aromatic carbocycles. The van der Waals surface area contributed by atoms with Gasteiger partial charge in [0.25, 0.3) is 0 Å². The topological polar surface area (TPSA) is 210 Å². The van der Waals surface area contributed by atoms with Crippen LogP contribution in [0, 0.1) is 0 Å². The molecule has 0 aliphatic heterocycles. The van der Waals surface area contributed by atoms with Crippen LogP contribution < -0.4 is 15.6 Å². The highest BCUT2D eigenvalue weighted by Crippen LogP contribution is 2.32. The minimum absolute atomic E-state index is 0.331. The Kier molecular flexibility index (Phi) is 10.1. The average Bonchev–Trinajstić information content (AvgIpc) is 3.10. The largest absolute Gasteiger partial charge is 0.744 e. The van der Waals surface area contributed by atoms with E-state index in [1.54, 1.807) is 12.1 Å². The lowest BCUT2D eigenvalue weighted by Crippen LogP contribution is -2.65. The van der Waals surface area contributed by atoms with Crippen LogP contribution in [-0.4, -0.2) is 44.6 Å². The van der Waals surface area contributed by atoms with Crippen molar-refractivity contribution in [1.29, 1.82) is 0 Å². The van der Waals surface area contributed by atoms with Gasteiger partial charge in [-0.2, -0.15) is 0 Å². The monoisotopic (exact) mass is 753 g/mol. The first kappa shape index (κ1) is 36.1. The van der Waals surface area contributed by atoms with Gasteiger partial charge >= 0.3 is 0 Å². The quantitative estimate of drug-likeness (QED) is 0.167. The summed E-state index contributed by atoms with van der Waals surface area (Å²) in [4.78, 5) is 2.15. The van der Waals surface area contributed by atoms with Crippen LogP contribution in [0.1, 0.15) is 11.1 Å². The molecule has 0 saturated heterocycles. The molecule has 12 nitrogen and oxygen atoms in total. The third-order valence-corrected chi connectivity index (χ3v) is 10.3. The maximum absolute atomic E-state index is 11.5. The van der Waals surface area contributed by atoms with Gasteiger partial charge in [-0.05, 0) is 107 Å². The van der Waals surface area contributed by atoms with E-state index < -0.39 is 30.4 Å². The number of allylic oxidation sites excluding steroid dienone is 5. The van der Waals surface area contributed by atoms with E-state index in [-0.39, 0.29) is 14.7 Å². The van der Waals surface area contributed by atoms with Gasteiger partial charge in [0.15, 0.2) is 0 Å². The zero-order valence-electron chi connectivity index (χ0n) is 26.8. The van der Waals surface area contributed by atoms with Gasteiger partial charge < -0.3 is 24.3 Å². The van der Waals surface area contributed by atoms with E-state index in [2.05, 4.69) is 15.6 Å². The Morgan fingerprint density at radius 1 is 0.462 bits per heavy atom. The predicted octanol–water partition coefficient (Wildman–Crippen LogP) is 4.67. The maximum Gasteiger partial charge on any atom is 0.204 e. The van der Waals surface area contributed by atoms with Gasteiger partial charge in [0.05, 0.1) is 14.7 Å². The minimum Gasteiger partial charge on any atom is -0.744 e. The van der Waals surface area contributed by atoms with Crippen molar-refractivity contribution < 1.29 is 43.9 Å². The molecular formula is C37H27N3O9S3-2. The molecule has 0 amide bonds. The summed E-state index contributed by atoms with van der Waals surface area (Å²) in [5.74, 6) is 0. The van der Waals surface area contributed by atoms with E-state index in [0.717, 1.165) is 22.3 Å². The van der Waals surface area contributed by atoms with Crippen molar-refractivity contribution in [2.45, 2.75) is 14.7 Å². The van der Waals surface area contributed by atoms with Crippen LogP contribution in [-0.2, 0) is 30.4 Å². The molecule has 0 spiro atoms. The molecular weight excluding hydrogens is 727 g/mol. The highest BCUT2D eigenvalue weighted by molar-refractivity contribution is 7.86. The second-order valence-corrected chi connectivity index (χ2v) is 15.6. The molecule has 1 aliphatic carbocycles. The molecule has 3 N–H and O–H groups in total. The molecule has 264 valence electrons. The summed E-state index contributed by atoms with van der Waals surface area (Å²) in [6.45, 7) is 0. The fourth-order valence-electron chi connectivity index (χ4n) is 5.32. The third-order valence-electron chi connectivity index (χ3n) is 7.78. The van der Waals surface area contributed by atoms with Gasteiger partial charge in [0.2, 0.25) is 11.4 Å². The van der Waals surface area contributed by atoms with Crippen LogP contribution in [0.2, 0.25) is 0 Å². The summed E-state index contributed by atoms with van der Waals surface area (Å²) < 4.78 is 103. The number of nitrogens with one attached hydrogen (secondary N) is 3. The van der Waals surface area contributed by atoms with Crippen molar-refractivity contribution >= 4 is 70.1 Å². The zero-order chi connectivity index (χ0) is 37.1. The van der Waals surface area contributed by atoms with Crippen LogP contribution in [0.5, 0.6) is 0 Å². The number of hydrogen-bond donors (Lipinski definition) is 3. The van der Waals surface area contributed by atoms with E-state index in [1.165, 1.54) is 60.7 Å². The lowest BCUT2D eigenvalue weighted by molar-refractivity contribution is -0.351. The van der Waals surface area contributed by atoms with Crippen LogP contribution >= 0.6 is 0 Å². The molecule has 5 aromatic rings. The molecule has 0 fully saturated rings. The first-order valence-corrected chi connectivity index (χ1v) is 19.5. The number of hydrogen-bond acceptors (Lipinski definition) is 11. The minimum atomic E-state index is -4.63. The second kappa shape index (κ2) is 14.5. The Hall–Kier alpha value is -5.68. The van der Waals surface area contributed by atoms with Crippen molar-refractivity contribution in [2.24, 2.45) is 0 Å². The third kappa shape index (κ3) is 8.96. The summed E-state index contributed by atoms with van der Waals surface area (Å²) >= 11 is 0. The number of rotatable bonds is 10. The van der Waals surface area contributed by atoms with E-state index in [9.17, 15) is 38.9 Å². The van der Waals surface area contributed by atoms with Crippen LogP contribution in [0.15, 0.2) is 166 Å². The van der Waals surface area contributed by atoms with Crippen LogP contribution in [0.25, 0.3) is 5.57 Å². The van der Waals surface area contributed by atoms with Gasteiger partial charge in [-0.3, -0.25) is 0 Å². The fourth-order valence-corrected chi connectivity index (χ4v) is 6.83. The highest BCUT2D eigenvalue weighted by atomic mass is 32.2. The average molecular weight is 754 g/mol. The Morgan fingerprint density at radius 3 is 1.29 bits per heavy atom. The van der Waals surface area contributed by atoms with Crippen LogP contribution in [0.3, 0.4) is 0 Å². The van der Waals surface area contributed by atoms with Gasteiger partial charge in [0.1, 0.15) is 30.4 Å². The van der Waals surface area contributed by atoms with E-state index in [1.807, 2.05) is 72.8 Å². The zero-order valence-corrected chi connectivity index (χ0v) is 29.2. The Labute approximate surface area is 300 Å². The Morgan fingerprint density at radius 2 is 0.885 bits per heavy atom. The van der Waals surface area contributed by atoms with Gasteiger partial charge in [-0.15, -0.1) is 0 Å². The number of benzene rings is 5. The van der Waals surface area contributed by atoms with Gasteiger partial charge in [-0.1, -0.05) is 36.4 Å². The van der Waals surface area contributed by atoms with Crippen LogP contribution in [0.4, 0.5) is 28.4 Å². The second-order valence-electron chi connectivity index (χ2n) is 11.4. The van der Waals surface area contributed by atoms with E-state index in [4.69, 9.17) is 0 Å². The molecule has 0 saturated carbocycles. The Balaban J connectivity index is 1.32. The van der Waals surface area contributed by atoms with E-state index >= 15 is 0 Å². The molecule has 0 aromatic heterocycles. The standard InChI is InChI=1S/C37H29N3O9S3/c41-50(42,43)34-21-19-31(20-22-34)38-28-13-7-25(8-14-28)37(26-9-15-29(16-10-26)39-32-3-1-5-35(23-32)51(44,45)46)27-11-17-30(18-12-27)40-33-4-2-6-36(24-33)52(47,48)49/h1-24,39-40H,(H,41,42,43)(H,44,45,46)(H,47,48,49)/p-2. The van der Waals surface area contributed by atoms with Crippen molar-refractivity contribution in [3.05, 3.63) is 162 Å². The SMILES string of the molecule is O=S(=O)([O-])c1ccc([NH+]=C2C=CC(=C(c3ccc(Nc4cccc(S(=O)(=O)[O-])c4)cc3)c3ccc(Nc4cccc(S(=O)(=O)[O-])c4)cc3)C=C2)cc1. The summed E-state index contributed by atoms with van der Waals surface area (Å²) in [6, 6.07) is 31.4. The fraction of sp³-hybridized carbons (Fsp3) is 0. The van der Waals surface area contributed by atoms with Gasteiger partial charge in [0, 0.05) is 47.0 Å². The van der Waals surface area contributed by atoms with Crippen molar-refractivity contribution in [3.63, 3.8) is 0 Å². The molecule has 0 unspecified atom stereocenters. The first-order valence-electron chi connectivity index (χ1n) is 15.3. The summed E-state index contributed by atoms with van der Waals surface area (Å²) in [7, 11) is -13.8. The highest BCUT2D eigenvalue weighted by Gasteiger charge is 2.14. The van der Waals surface area contributed by atoms with E-state index in [0.29, 0.717) is 34.1 Å². The smallest absolute Gasteiger partial charge is 0.204 e.